The van der Waals surface area contributed by atoms with Gasteiger partial charge >= 0.3 is 5.97 Å². The van der Waals surface area contributed by atoms with Gasteiger partial charge in [0.2, 0.25) is 5.91 Å². The summed E-state index contributed by atoms with van der Waals surface area (Å²) in [5.74, 6) is -1.55. The second-order valence-electron chi connectivity index (χ2n) is 4.37. The number of benzene rings is 1. The van der Waals surface area contributed by atoms with Gasteiger partial charge in [-0.1, -0.05) is 17.7 Å². The number of nitrogens with one attached hydrogen (secondary N) is 2. The van der Waals surface area contributed by atoms with E-state index in [0.717, 1.165) is 5.56 Å². The molecule has 0 aromatic heterocycles. The van der Waals surface area contributed by atoms with Crippen LogP contribution in [-0.2, 0) is 9.59 Å². The Morgan fingerprint density at radius 2 is 1.60 bits per heavy atom. The van der Waals surface area contributed by atoms with Gasteiger partial charge in [-0.2, -0.15) is 0 Å². The van der Waals surface area contributed by atoms with Crippen molar-refractivity contribution in [2.24, 2.45) is 0 Å². The zero-order valence-electron chi connectivity index (χ0n) is 11.3. The molecule has 108 valence electrons. The molecule has 0 bridgehead atoms. The number of carboxylic acids is 1. The Hall–Kier alpha value is -2.37. The highest BCUT2D eigenvalue weighted by Crippen LogP contribution is 2.02. The number of carbonyl (C=O) groups is 3. The molecule has 3 N–H and O–H groups in total. The molecule has 6 heteroatoms. The number of hydrogen-bond donors (Lipinski definition) is 3. The van der Waals surface area contributed by atoms with Crippen molar-refractivity contribution in [2.75, 3.05) is 13.1 Å². The normalized spacial score (nSPS) is 9.85. The summed E-state index contributed by atoms with van der Waals surface area (Å²) in [7, 11) is 0. The minimum absolute atomic E-state index is 0.0543. The van der Waals surface area contributed by atoms with Crippen LogP contribution in [0, 0.1) is 6.92 Å². The van der Waals surface area contributed by atoms with Crippen molar-refractivity contribution in [3.05, 3.63) is 35.4 Å². The van der Waals surface area contributed by atoms with Gasteiger partial charge < -0.3 is 15.7 Å². The summed E-state index contributed by atoms with van der Waals surface area (Å²) in [6.45, 7) is 2.51. The quantitative estimate of drug-likeness (QED) is 0.640. The first-order chi connectivity index (χ1) is 9.49. The fourth-order valence-corrected chi connectivity index (χ4v) is 1.49. The molecule has 0 radical (unpaired) electrons. The average molecular weight is 278 g/mol. The number of rotatable bonds is 7. The molecule has 6 nitrogen and oxygen atoms in total. The van der Waals surface area contributed by atoms with Gasteiger partial charge in [0.25, 0.3) is 5.91 Å². The maximum absolute atomic E-state index is 11.7. The minimum atomic E-state index is -1.01. The molecule has 0 unspecified atom stereocenters. The molecule has 1 rings (SSSR count). The first-order valence-corrected chi connectivity index (χ1v) is 6.32. The third kappa shape index (κ3) is 5.99. The summed E-state index contributed by atoms with van der Waals surface area (Å²) < 4.78 is 0. The van der Waals surface area contributed by atoms with Crippen LogP contribution in [0.5, 0.6) is 0 Å². The molecular formula is C14H18N2O4. The molecule has 0 saturated carbocycles. The Labute approximate surface area is 117 Å². The van der Waals surface area contributed by atoms with E-state index in [9.17, 15) is 14.4 Å². The maximum atomic E-state index is 11.7. The molecule has 0 aliphatic heterocycles. The average Bonchev–Trinajstić information content (AvgIpc) is 2.42. The zero-order valence-corrected chi connectivity index (χ0v) is 11.3. The molecule has 0 heterocycles. The van der Waals surface area contributed by atoms with E-state index < -0.39 is 5.97 Å². The smallest absolute Gasteiger partial charge is 0.303 e. The zero-order chi connectivity index (χ0) is 15.0. The lowest BCUT2D eigenvalue weighted by molar-refractivity contribution is -0.138. The van der Waals surface area contributed by atoms with Gasteiger partial charge in [-0.25, -0.2) is 0 Å². The van der Waals surface area contributed by atoms with Crippen LogP contribution in [-0.4, -0.2) is 36.0 Å². The Morgan fingerprint density at radius 1 is 1.00 bits per heavy atom. The highest BCUT2D eigenvalue weighted by Gasteiger charge is 2.06. The fourth-order valence-electron chi connectivity index (χ4n) is 1.49. The topological polar surface area (TPSA) is 95.5 Å². The van der Waals surface area contributed by atoms with Crippen LogP contribution in [0.3, 0.4) is 0 Å². The van der Waals surface area contributed by atoms with Gasteiger partial charge in [-0.15, -0.1) is 0 Å². The van der Waals surface area contributed by atoms with E-state index in [2.05, 4.69) is 10.6 Å². The molecule has 0 aliphatic rings. The van der Waals surface area contributed by atoms with Crippen molar-refractivity contribution < 1.29 is 19.5 Å². The third-order valence-corrected chi connectivity index (χ3v) is 2.61. The van der Waals surface area contributed by atoms with E-state index in [0.29, 0.717) is 12.1 Å². The highest BCUT2D eigenvalue weighted by atomic mass is 16.4. The van der Waals surface area contributed by atoms with Crippen LogP contribution in [0.25, 0.3) is 0 Å². The van der Waals surface area contributed by atoms with Crippen LogP contribution >= 0.6 is 0 Å². The Balaban J connectivity index is 2.20. The van der Waals surface area contributed by atoms with E-state index in [1.54, 1.807) is 12.1 Å². The molecule has 0 atom stereocenters. The highest BCUT2D eigenvalue weighted by molar-refractivity contribution is 5.94. The van der Waals surface area contributed by atoms with Gasteiger partial charge in [0.05, 0.1) is 6.42 Å². The molecule has 2 amide bonds. The lowest BCUT2D eigenvalue weighted by atomic mass is 10.1. The summed E-state index contributed by atoms with van der Waals surface area (Å²) in [6, 6.07) is 7.16. The summed E-state index contributed by atoms with van der Waals surface area (Å²) in [4.78, 5) is 33.2. The van der Waals surface area contributed by atoms with Crippen LogP contribution in [0.1, 0.15) is 28.8 Å². The van der Waals surface area contributed by atoms with Crippen molar-refractivity contribution in [3.63, 3.8) is 0 Å². The van der Waals surface area contributed by atoms with Gasteiger partial charge in [-0.3, -0.25) is 14.4 Å². The largest absolute Gasteiger partial charge is 0.481 e. The van der Waals surface area contributed by atoms with Crippen LogP contribution in [0.15, 0.2) is 24.3 Å². The first kappa shape index (κ1) is 15.7. The predicted octanol–water partition coefficient (Wildman–Crippen LogP) is 0.706. The van der Waals surface area contributed by atoms with Gasteiger partial charge in [0, 0.05) is 25.1 Å². The van der Waals surface area contributed by atoms with E-state index in [1.165, 1.54) is 0 Å². The van der Waals surface area contributed by atoms with Crippen molar-refractivity contribution in [2.45, 2.75) is 19.8 Å². The number of aryl methyl sites for hydroxylation is 1. The lowest BCUT2D eigenvalue weighted by Gasteiger charge is -2.07. The maximum Gasteiger partial charge on any atom is 0.303 e. The second-order valence-corrected chi connectivity index (χ2v) is 4.37. The molecule has 0 spiro atoms. The first-order valence-electron chi connectivity index (χ1n) is 6.32. The number of hydrogen-bond acceptors (Lipinski definition) is 3. The van der Waals surface area contributed by atoms with Crippen molar-refractivity contribution >= 4 is 17.8 Å². The number of carboxylic acid groups (broad SMARTS) is 1. The molecule has 1 aromatic carbocycles. The SMILES string of the molecule is Cc1ccc(C(=O)NCCNC(=O)CCC(=O)O)cc1. The Morgan fingerprint density at radius 3 is 2.20 bits per heavy atom. The van der Waals surface area contributed by atoms with Crippen LogP contribution < -0.4 is 10.6 Å². The van der Waals surface area contributed by atoms with E-state index >= 15 is 0 Å². The third-order valence-electron chi connectivity index (χ3n) is 2.61. The Kier molecular flexibility index (Phi) is 6.22. The van der Waals surface area contributed by atoms with Gasteiger partial charge in [0.1, 0.15) is 0 Å². The fraction of sp³-hybridized carbons (Fsp3) is 0.357. The van der Waals surface area contributed by atoms with E-state index in [1.807, 2.05) is 19.1 Å². The molecule has 0 aliphatic carbocycles. The molecule has 1 aromatic rings. The van der Waals surface area contributed by atoms with Crippen LogP contribution in [0.2, 0.25) is 0 Å². The number of aliphatic carboxylic acids is 1. The van der Waals surface area contributed by atoms with Gasteiger partial charge in [-0.05, 0) is 19.1 Å². The van der Waals surface area contributed by atoms with Crippen LogP contribution in [0.4, 0.5) is 0 Å². The second kappa shape index (κ2) is 7.93. The molecule has 20 heavy (non-hydrogen) atoms. The van der Waals surface area contributed by atoms with E-state index in [-0.39, 0.29) is 31.2 Å². The monoisotopic (exact) mass is 278 g/mol. The molecular weight excluding hydrogens is 260 g/mol. The van der Waals surface area contributed by atoms with Crippen molar-refractivity contribution in [1.82, 2.24) is 10.6 Å². The van der Waals surface area contributed by atoms with Crippen molar-refractivity contribution in [3.8, 4) is 0 Å². The summed E-state index contributed by atoms with van der Waals surface area (Å²) in [5.41, 5.74) is 1.64. The number of amides is 2. The van der Waals surface area contributed by atoms with E-state index in [4.69, 9.17) is 5.11 Å². The summed E-state index contributed by atoms with van der Waals surface area (Å²) >= 11 is 0. The lowest BCUT2D eigenvalue weighted by Crippen LogP contribution is -2.34. The Bertz CT molecular complexity index is 482. The molecule has 0 fully saturated rings. The molecule has 0 saturated heterocycles. The predicted molar refractivity (Wildman–Crippen MR) is 73.4 cm³/mol. The van der Waals surface area contributed by atoms with Crippen molar-refractivity contribution in [1.29, 1.82) is 0 Å². The minimum Gasteiger partial charge on any atom is -0.481 e. The van der Waals surface area contributed by atoms with Gasteiger partial charge in [0.15, 0.2) is 0 Å². The number of carbonyl (C=O) groups excluding carboxylic acids is 2. The summed E-state index contributed by atoms with van der Waals surface area (Å²) in [6.07, 6.45) is -0.247. The standard InChI is InChI=1S/C14H18N2O4/c1-10-2-4-11(5-3-10)14(20)16-9-8-15-12(17)6-7-13(18)19/h2-5H,6-9H2,1H3,(H,15,17)(H,16,20)(H,18,19). The summed E-state index contributed by atoms with van der Waals surface area (Å²) in [5, 5.41) is 13.6.